The molecule has 0 radical (unpaired) electrons. The predicted octanol–water partition coefficient (Wildman–Crippen LogP) is 11.1. The molecule has 7 aromatic carbocycles. The van der Waals surface area contributed by atoms with Crippen molar-refractivity contribution in [2.45, 2.75) is 6.17 Å². The van der Waals surface area contributed by atoms with Crippen LogP contribution in [-0.4, -0.2) is 11.7 Å². The summed E-state index contributed by atoms with van der Waals surface area (Å²) in [5.41, 5.74) is 11.6. The van der Waals surface area contributed by atoms with Crippen LogP contribution in [0.2, 0.25) is 0 Å². The van der Waals surface area contributed by atoms with E-state index in [-0.39, 0.29) is 0 Å². The molecule has 9 rings (SSSR count). The highest BCUT2D eigenvalue weighted by Gasteiger charge is 2.25. The van der Waals surface area contributed by atoms with Gasteiger partial charge in [0.15, 0.2) is 6.17 Å². The molecule has 4 heteroatoms. The highest BCUT2D eigenvalue weighted by molar-refractivity contribution is 6.24. The third-order valence-electron chi connectivity index (χ3n) is 9.18. The maximum atomic E-state index is 6.58. The van der Waals surface area contributed by atoms with Crippen LogP contribution in [0.25, 0.3) is 55.3 Å². The van der Waals surface area contributed by atoms with Crippen LogP contribution in [0.3, 0.4) is 0 Å². The van der Waals surface area contributed by atoms with E-state index in [4.69, 9.17) is 14.4 Å². The Morgan fingerprint density at radius 2 is 0.918 bits per heavy atom. The molecule has 232 valence electrons. The third-order valence-corrected chi connectivity index (χ3v) is 9.18. The molecule has 1 unspecified atom stereocenters. The quantitative estimate of drug-likeness (QED) is 0.199. The van der Waals surface area contributed by atoms with Gasteiger partial charge in [0, 0.05) is 27.5 Å². The number of aliphatic imine (C=N–C) groups is 2. The number of para-hydroxylation sites is 1. The molecule has 1 aromatic heterocycles. The van der Waals surface area contributed by atoms with Gasteiger partial charge >= 0.3 is 0 Å². The molecule has 1 N–H and O–H groups in total. The number of benzene rings is 7. The lowest BCUT2D eigenvalue weighted by Crippen LogP contribution is -2.36. The first-order valence-corrected chi connectivity index (χ1v) is 16.5. The number of fused-ring (bicyclic) bond motifs is 3. The van der Waals surface area contributed by atoms with E-state index in [2.05, 4.69) is 145 Å². The van der Waals surface area contributed by atoms with E-state index >= 15 is 0 Å². The fraction of sp³-hybridized carbons (Fsp3) is 0.0222. The normalized spacial score (nSPS) is 14.3. The van der Waals surface area contributed by atoms with Crippen molar-refractivity contribution in [1.29, 1.82) is 0 Å². The molecular weight excluding hydrogens is 599 g/mol. The van der Waals surface area contributed by atoms with Gasteiger partial charge in [-0.25, -0.2) is 9.98 Å². The molecule has 49 heavy (non-hydrogen) atoms. The molecule has 1 atom stereocenters. The first-order chi connectivity index (χ1) is 24.3. The van der Waals surface area contributed by atoms with E-state index in [1.165, 1.54) is 16.7 Å². The van der Waals surface area contributed by atoms with E-state index < -0.39 is 6.17 Å². The van der Waals surface area contributed by atoms with Crippen LogP contribution in [0.1, 0.15) is 22.9 Å². The van der Waals surface area contributed by atoms with Gasteiger partial charge in [-0.05, 0) is 51.6 Å². The molecule has 1 aliphatic heterocycles. The average Bonchev–Trinajstić information content (AvgIpc) is 3.58. The SMILES string of the molecule is c1ccc(C2=NC(c3ccc(-c4ccccc4-c4ccccc4)cc3)N=C(c3ccc(-c4ccccc4)c4oc5ccccc5c34)N2)cc1. The standard InChI is InChI=1S/C45H31N3O/c1-4-14-30(15-5-1)35-20-10-11-21-36(35)32-24-26-34(27-25-32)44-46-43(33-18-8-3-9-19-33)47-45(48-44)39-29-28-37(31-16-6-2-7-17-31)42-41(39)38-22-12-13-23-40(38)49-42/h1-29,44H,(H,46,47,48). The van der Waals surface area contributed by atoms with Gasteiger partial charge in [0.25, 0.3) is 0 Å². The fourth-order valence-electron chi connectivity index (χ4n) is 6.79. The largest absolute Gasteiger partial charge is 0.455 e. The van der Waals surface area contributed by atoms with Gasteiger partial charge in [-0.2, -0.15) is 0 Å². The molecule has 8 aromatic rings. The first-order valence-electron chi connectivity index (χ1n) is 16.5. The molecule has 0 aliphatic carbocycles. The minimum Gasteiger partial charge on any atom is -0.455 e. The van der Waals surface area contributed by atoms with Crippen LogP contribution in [0, 0.1) is 0 Å². The van der Waals surface area contributed by atoms with Gasteiger partial charge in [-0.3, -0.25) is 0 Å². The second-order valence-corrected chi connectivity index (χ2v) is 12.2. The van der Waals surface area contributed by atoms with Crippen molar-refractivity contribution in [3.8, 4) is 33.4 Å². The summed E-state index contributed by atoms with van der Waals surface area (Å²) in [4.78, 5) is 10.4. The van der Waals surface area contributed by atoms with Crippen LogP contribution in [0.4, 0.5) is 0 Å². The number of rotatable bonds is 6. The zero-order valence-corrected chi connectivity index (χ0v) is 26.6. The molecule has 0 saturated carbocycles. The van der Waals surface area contributed by atoms with E-state index in [9.17, 15) is 0 Å². The Morgan fingerprint density at radius 1 is 0.408 bits per heavy atom. The topological polar surface area (TPSA) is 49.9 Å². The Balaban J connectivity index is 1.17. The van der Waals surface area contributed by atoms with Gasteiger partial charge in [0.2, 0.25) is 0 Å². The van der Waals surface area contributed by atoms with Crippen molar-refractivity contribution in [1.82, 2.24) is 5.32 Å². The highest BCUT2D eigenvalue weighted by Crippen LogP contribution is 2.39. The second-order valence-electron chi connectivity index (χ2n) is 12.2. The lowest BCUT2D eigenvalue weighted by atomic mass is 9.94. The summed E-state index contributed by atoms with van der Waals surface area (Å²) in [7, 11) is 0. The summed E-state index contributed by atoms with van der Waals surface area (Å²) in [6.07, 6.45) is -0.438. The Kier molecular flexibility index (Phi) is 7.17. The molecule has 1 aliphatic rings. The van der Waals surface area contributed by atoms with Crippen molar-refractivity contribution in [3.63, 3.8) is 0 Å². The maximum Gasteiger partial charge on any atom is 0.169 e. The Morgan fingerprint density at radius 3 is 1.59 bits per heavy atom. The van der Waals surface area contributed by atoms with Crippen molar-refractivity contribution < 1.29 is 4.42 Å². The molecule has 0 bridgehead atoms. The summed E-state index contributed by atoms with van der Waals surface area (Å²) in [6.45, 7) is 0. The van der Waals surface area contributed by atoms with Crippen LogP contribution in [-0.2, 0) is 0 Å². The number of nitrogens with one attached hydrogen (secondary N) is 1. The van der Waals surface area contributed by atoms with Crippen LogP contribution >= 0.6 is 0 Å². The molecule has 0 fully saturated rings. The smallest absolute Gasteiger partial charge is 0.169 e. The van der Waals surface area contributed by atoms with Gasteiger partial charge in [0.1, 0.15) is 22.8 Å². The van der Waals surface area contributed by atoms with Crippen molar-refractivity contribution in [3.05, 3.63) is 193 Å². The zero-order chi connectivity index (χ0) is 32.6. The number of hydrogen-bond acceptors (Lipinski definition) is 4. The Labute approximate surface area is 284 Å². The zero-order valence-electron chi connectivity index (χ0n) is 26.6. The number of furan rings is 1. The number of amidine groups is 2. The van der Waals surface area contributed by atoms with Gasteiger partial charge < -0.3 is 9.73 Å². The van der Waals surface area contributed by atoms with E-state index in [1.807, 2.05) is 36.4 Å². The van der Waals surface area contributed by atoms with Gasteiger partial charge in [0.05, 0.1) is 0 Å². The summed E-state index contributed by atoms with van der Waals surface area (Å²) >= 11 is 0. The summed E-state index contributed by atoms with van der Waals surface area (Å²) in [6, 6.07) is 60.9. The number of hydrogen-bond donors (Lipinski definition) is 1. The minimum absolute atomic E-state index is 0.438. The molecule has 0 amide bonds. The summed E-state index contributed by atoms with van der Waals surface area (Å²) < 4.78 is 6.58. The Bertz CT molecular complexity index is 2500. The van der Waals surface area contributed by atoms with Gasteiger partial charge in [-0.1, -0.05) is 158 Å². The van der Waals surface area contributed by atoms with E-state index in [1.54, 1.807) is 0 Å². The summed E-state index contributed by atoms with van der Waals surface area (Å²) in [5, 5.41) is 5.70. The monoisotopic (exact) mass is 629 g/mol. The van der Waals surface area contributed by atoms with E-state index in [0.29, 0.717) is 0 Å². The lowest BCUT2D eigenvalue weighted by Gasteiger charge is -2.23. The molecule has 4 nitrogen and oxygen atoms in total. The van der Waals surface area contributed by atoms with Crippen molar-refractivity contribution in [2.24, 2.45) is 9.98 Å². The molecular formula is C45H31N3O. The van der Waals surface area contributed by atoms with E-state index in [0.717, 1.165) is 67.0 Å². The average molecular weight is 630 g/mol. The van der Waals surface area contributed by atoms with Crippen molar-refractivity contribution in [2.75, 3.05) is 0 Å². The van der Waals surface area contributed by atoms with Crippen LogP contribution in [0.5, 0.6) is 0 Å². The van der Waals surface area contributed by atoms with Crippen LogP contribution in [0.15, 0.2) is 190 Å². The predicted molar refractivity (Wildman–Crippen MR) is 202 cm³/mol. The molecule has 0 saturated heterocycles. The lowest BCUT2D eigenvalue weighted by molar-refractivity contribution is 0.670. The minimum atomic E-state index is -0.438. The molecule has 2 heterocycles. The highest BCUT2D eigenvalue weighted by atomic mass is 16.3. The second kappa shape index (κ2) is 12.3. The third kappa shape index (κ3) is 5.30. The van der Waals surface area contributed by atoms with Crippen LogP contribution < -0.4 is 5.32 Å². The first kappa shape index (κ1) is 28.7. The maximum absolute atomic E-state index is 6.58. The fourth-order valence-corrected chi connectivity index (χ4v) is 6.79. The van der Waals surface area contributed by atoms with Gasteiger partial charge in [-0.15, -0.1) is 0 Å². The van der Waals surface area contributed by atoms with Crippen molar-refractivity contribution >= 4 is 33.6 Å². The molecule has 0 spiro atoms. The number of nitrogens with zero attached hydrogens (tertiary/aromatic N) is 2. The Hall–Kier alpha value is -6.52. The summed E-state index contributed by atoms with van der Waals surface area (Å²) in [5.74, 6) is 1.54.